The third-order valence-electron chi connectivity index (χ3n) is 10.8. The predicted molar refractivity (Wildman–Crippen MR) is 302 cm³/mol. The summed E-state index contributed by atoms with van der Waals surface area (Å²) in [5.41, 5.74) is 5.40. The number of nitrogens with two attached hydrogens (primary N) is 1. The van der Waals surface area contributed by atoms with Gasteiger partial charge in [-0.15, -0.1) is 0 Å². The van der Waals surface area contributed by atoms with Gasteiger partial charge >= 0.3 is 13.8 Å². The Morgan fingerprint density at radius 1 is 0.429 bits per heavy atom. The fourth-order valence-corrected chi connectivity index (χ4v) is 7.59. The largest absolute Gasteiger partial charge is 0.472 e. The molecule has 0 radical (unpaired) electrons. The third kappa shape index (κ3) is 55.3. The summed E-state index contributed by atoms with van der Waals surface area (Å²) >= 11 is 0. The van der Waals surface area contributed by atoms with E-state index in [0.29, 0.717) is 13.0 Å². The van der Waals surface area contributed by atoms with Crippen LogP contribution in [0, 0.1) is 0 Å². The van der Waals surface area contributed by atoms with Crippen molar-refractivity contribution in [3.05, 3.63) is 146 Å². The van der Waals surface area contributed by atoms with Gasteiger partial charge in [-0.25, -0.2) is 4.57 Å². The van der Waals surface area contributed by atoms with Crippen molar-refractivity contribution in [3.63, 3.8) is 0 Å². The molecule has 0 amide bonds. The minimum absolute atomic E-state index is 0.0856. The van der Waals surface area contributed by atoms with Gasteiger partial charge in [0.2, 0.25) is 0 Å². The normalized spacial score (nSPS) is 14.4. The van der Waals surface area contributed by atoms with Crippen molar-refractivity contribution in [2.24, 2.45) is 5.73 Å². The molecule has 0 aromatic rings. The highest BCUT2D eigenvalue weighted by Crippen LogP contribution is 2.43. The van der Waals surface area contributed by atoms with Gasteiger partial charge in [-0.3, -0.25) is 13.8 Å². The first kappa shape index (κ1) is 66.4. The van der Waals surface area contributed by atoms with E-state index in [1.807, 2.05) is 0 Å². The van der Waals surface area contributed by atoms with E-state index in [4.69, 9.17) is 24.3 Å². The second-order valence-electron chi connectivity index (χ2n) is 17.3. The number of allylic oxidation sites excluding steroid dienone is 24. The molecule has 0 rings (SSSR count). The molecule has 0 bridgehead atoms. The highest BCUT2D eigenvalue weighted by Gasteiger charge is 2.25. The highest BCUT2D eigenvalue weighted by molar-refractivity contribution is 7.47. The quantitative estimate of drug-likeness (QED) is 0.0268. The molecular weight excluding hydrogens is 890 g/mol. The van der Waals surface area contributed by atoms with Gasteiger partial charge in [-0.1, -0.05) is 217 Å². The lowest BCUT2D eigenvalue weighted by Gasteiger charge is -2.20. The van der Waals surface area contributed by atoms with E-state index < -0.39 is 13.9 Å². The Morgan fingerprint density at radius 2 is 0.757 bits per heavy atom. The maximum atomic E-state index is 12.7. The Balaban J connectivity index is 4.05. The van der Waals surface area contributed by atoms with Crippen molar-refractivity contribution in [2.75, 3.05) is 33.0 Å². The van der Waals surface area contributed by atoms with Crippen LogP contribution in [0.2, 0.25) is 0 Å². The summed E-state index contributed by atoms with van der Waals surface area (Å²) in [6.45, 7) is 4.59. The Bertz CT molecular complexity index is 1580. The van der Waals surface area contributed by atoms with Crippen molar-refractivity contribution in [2.45, 2.75) is 200 Å². The van der Waals surface area contributed by atoms with E-state index in [1.54, 1.807) is 0 Å². The monoisotopic (exact) mass is 990 g/mol. The first-order chi connectivity index (χ1) is 34.4. The molecule has 396 valence electrons. The molecule has 0 aromatic heterocycles. The van der Waals surface area contributed by atoms with Crippen molar-refractivity contribution in [1.29, 1.82) is 0 Å². The highest BCUT2D eigenvalue weighted by atomic mass is 31.2. The lowest BCUT2D eigenvalue weighted by atomic mass is 10.1. The maximum Gasteiger partial charge on any atom is 0.472 e. The van der Waals surface area contributed by atoms with Gasteiger partial charge in [0.15, 0.2) is 0 Å². The van der Waals surface area contributed by atoms with Crippen molar-refractivity contribution in [3.8, 4) is 0 Å². The van der Waals surface area contributed by atoms with Crippen LogP contribution in [0.25, 0.3) is 0 Å². The first-order valence-corrected chi connectivity index (χ1v) is 28.8. The second kappa shape index (κ2) is 56.3. The molecule has 0 heterocycles. The number of hydrogen-bond donors (Lipinski definition) is 2. The average molecular weight is 990 g/mol. The number of carbonyl (C=O) groups excluding carboxylic acids is 1. The van der Waals surface area contributed by atoms with Gasteiger partial charge in [0.1, 0.15) is 6.10 Å². The van der Waals surface area contributed by atoms with Crippen LogP contribution in [-0.4, -0.2) is 49.9 Å². The second-order valence-corrected chi connectivity index (χ2v) is 18.8. The zero-order valence-corrected chi connectivity index (χ0v) is 45.1. The minimum atomic E-state index is -4.31. The predicted octanol–water partition coefficient (Wildman–Crippen LogP) is 17.6. The van der Waals surface area contributed by atoms with Crippen LogP contribution in [-0.2, 0) is 27.9 Å². The van der Waals surface area contributed by atoms with Crippen molar-refractivity contribution < 1.29 is 32.8 Å². The van der Waals surface area contributed by atoms with Crippen LogP contribution < -0.4 is 5.73 Å². The standard InChI is InChI=1S/C61H100NO7P/c1-3-5-7-9-11-13-15-17-19-21-23-25-27-29-31-33-35-37-39-41-43-45-47-49-51-53-56-66-58-60(59-68-70(64,65)67-57-55-62)69-61(63)54-52-50-48-46-44-42-40-38-36-34-32-30-28-26-24-22-20-18-16-14-12-10-8-6-4-2/h5-8,11-14,17-20,23-26,29-32,35,37,41,43,60H,3-4,9-10,15-16,21-22,27-28,33-34,36,38-40,42,44-59,62H2,1-2H3,(H,64,65)/b7-5-,8-6-,13-11-,14-12-,19-17-,20-18-,25-23-,26-24-,31-29-,32-30-,37-35-,43-41-. The number of esters is 1. The van der Waals surface area contributed by atoms with E-state index >= 15 is 0 Å². The first-order valence-electron chi connectivity index (χ1n) is 27.3. The Morgan fingerprint density at radius 3 is 1.13 bits per heavy atom. The van der Waals surface area contributed by atoms with Crippen LogP contribution in [0.1, 0.15) is 194 Å². The summed E-state index contributed by atoms with van der Waals surface area (Å²) in [6, 6.07) is 0. The molecule has 0 aromatic carbocycles. The molecule has 0 fully saturated rings. The summed E-state index contributed by atoms with van der Waals surface area (Å²) in [5, 5.41) is 0. The topological polar surface area (TPSA) is 117 Å². The number of carbonyl (C=O) groups is 1. The van der Waals surface area contributed by atoms with E-state index in [-0.39, 0.29) is 32.3 Å². The zero-order chi connectivity index (χ0) is 50.8. The summed E-state index contributed by atoms with van der Waals surface area (Å²) in [5.74, 6) is -0.353. The minimum Gasteiger partial charge on any atom is -0.457 e. The lowest BCUT2D eigenvalue weighted by Crippen LogP contribution is -2.28. The number of hydrogen-bond acceptors (Lipinski definition) is 7. The van der Waals surface area contributed by atoms with Gasteiger partial charge in [0.05, 0.1) is 19.8 Å². The molecule has 0 aliphatic carbocycles. The number of ether oxygens (including phenoxy) is 2. The Hall–Kier alpha value is -3.62. The van der Waals surface area contributed by atoms with Crippen LogP contribution in [0.4, 0.5) is 0 Å². The molecule has 3 N–H and O–H groups in total. The molecule has 70 heavy (non-hydrogen) atoms. The van der Waals surface area contributed by atoms with Crippen molar-refractivity contribution >= 4 is 13.8 Å². The van der Waals surface area contributed by atoms with Gasteiger partial charge in [0.25, 0.3) is 0 Å². The van der Waals surface area contributed by atoms with E-state index in [9.17, 15) is 14.3 Å². The summed E-state index contributed by atoms with van der Waals surface area (Å²) < 4.78 is 33.6. The van der Waals surface area contributed by atoms with Crippen LogP contribution in [0.15, 0.2) is 146 Å². The van der Waals surface area contributed by atoms with Gasteiger partial charge in [-0.2, -0.15) is 0 Å². The van der Waals surface area contributed by atoms with Crippen LogP contribution in [0.3, 0.4) is 0 Å². The summed E-state index contributed by atoms with van der Waals surface area (Å²) in [7, 11) is -4.31. The van der Waals surface area contributed by atoms with Gasteiger partial charge in [0, 0.05) is 19.6 Å². The number of phosphoric ester groups is 1. The molecule has 9 heteroatoms. The Labute approximate surface area is 429 Å². The molecule has 2 atom stereocenters. The number of rotatable bonds is 50. The number of unbranched alkanes of at least 4 members (excludes halogenated alkanes) is 13. The van der Waals surface area contributed by atoms with E-state index in [0.717, 1.165) is 135 Å². The summed E-state index contributed by atoms with van der Waals surface area (Å²) in [4.78, 5) is 22.7. The van der Waals surface area contributed by atoms with Gasteiger partial charge in [-0.05, 0) is 116 Å². The average Bonchev–Trinajstić information content (AvgIpc) is 3.35. The zero-order valence-electron chi connectivity index (χ0n) is 44.2. The number of phosphoric acid groups is 1. The van der Waals surface area contributed by atoms with E-state index in [2.05, 4.69) is 160 Å². The molecule has 8 nitrogen and oxygen atoms in total. The third-order valence-corrected chi connectivity index (χ3v) is 11.7. The molecule has 2 unspecified atom stereocenters. The molecule has 0 saturated carbocycles. The SMILES string of the molecule is CC/C=C\C/C=C\C/C=C\C/C=C\C/C=C\C/C=C\C/C=C\CCCCCCOCC(COP(=O)(O)OCCN)OC(=O)CCCCCCCCCCC/C=C\C/C=C\C/C=C\C/C=C\C/C=C\CC. The van der Waals surface area contributed by atoms with E-state index in [1.165, 1.54) is 38.5 Å². The molecule has 0 spiro atoms. The fourth-order valence-electron chi connectivity index (χ4n) is 6.83. The fraction of sp³-hybridized carbons (Fsp3) is 0.590. The Kier molecular flexibility index (Phi) is 53.4. The smallest absolute Gasteiger partial charge is 0.457 e. The van der Waals surface area contributed by atoms with Crippen LogP contribution >= 0.6 is 7.82 Å². The molecule has 0 aliphatic heterocycles. The van der Waals surface area contributed by atoms with Crippen molar-refractivity contribution in [1.82, 2.24) is 0 Å². The molecule has 0 saturated heterocycles. The summed E-state index contributed by atoms with van der Waals surface area (Å²) in [6.07, 6.45) is 81.7. The molecular formula is C61H100NO7P. The van der Waals surface area contributed by atoms with Crippen LogP contribution in [0.5, 0.6) is 0 Å². The molecule has 0 aliphatic rings. The van der Waals surface area contributed by atoms with Gasteiger partial charge < -0.3 is 20.1 Å². The lowest BCUT2D eigenvalue weighted by molar-refractivity contribution is -0.154. The maximum absolute atomic E-state index is 12.7.